The number of hydrogen-bond donors (Lipinski definition) is 0. The molecule has 1 aromatic heterocycles. The molecule has 5 heteroatoms. The van der Waals surface area contributed by atoms with Crippen molar-refractivity contribution in [2.45, 2.75) is 19.3 Å². The molecule has 0 amide bonds. The summed E-state index contributed by atoms with van der Waals surface area (Å²) in [6.07, 6.45) is 0. The fraction of sp³-hybridized carbons (Fsp3) is 0.667. The molecule has 1 aromatic rings. The van der Waals surface area contributed by atoms with E-state index in [0.717, 1.165) is 24.3 Å². The Kier molecular flexibility index (Phi) is 4.23. The van der Waals surface area contributed by atoms with Crippen molar-refractivity contribution in [3.05, 3.63) is 16.4 Å². The van der Waals surface area contributed by atoms with Gasteiger partial charge in [0.05, 0.1) is 18.1 Å². The summed E-state index contributed by atoms with van der Waals surface area (Å²) in [5.41, 5.74) is 1.86. The number of aromatic nitrogens is 2. The van der Waals surface area contributed by atoms with Crippen LogP contribution >= 0.6 is 23.2 Å². The molecule has 0 aliphatic heterocycles. The highest BCUT2D eigenvalue weighted by Gasteiger charge is 2.11. The lowest BCUT2D eigenvalue weighted by Crippen LogP contribution is -2.19. The van der Waals surface area contributed by atoms with E-state index in [-0.39, 0.29) is 0 Å². The number of halogens is 2. The van der Waals surface area contributed by atoms with Crippen LogP contribution in [0.25, 0.3) is 0 Å². The van der Waals surface area contributed by atoms with Crippen molar-refractivity contribution in [3.8, 4) is 0 Å². The minimum Gasteiger partial charge on any atom is -0.308 e. The zero-order chi connectivity index (χ0) is 10.7. The molecule has 80 valence electrons. The topological polar surface area (TPSA) is 21.1 Å². The van der Waals surface area contributed by atoms with Crippen molar-refractivity contribution >= 4 is 23.2 Å². The second kappa shape index (κ2) is 5.01. The molecule has 0 atom stereocenters. The van der Waals surface area contributed by atoms with Crippen LogP contribution in [0.1, 0.15) is 11.3 Å². The van der Waals surface area contributed by atoms with Gasteiger partial charge in [-0.05, 0) is 21.0 Å². The first-order chi connectivity index (χ1) is 6.56. The quantitative estimate of drug-likeness (QED) is 0.747. The molecule has 0 saturated carbocycles. The standard InChI is InChI=1S/C9H15Cl2N3/c1-7-8(6-10)9(11)14(12-7)5-4-13(2)3/h4-6H2,1-3H3. The van der Waals surface area contributed by atoms with Crippen LogP contribution in [-0.2, 0) is 12.4 Å². The third-order valence-corrected chi connectivity index (χ3v) is 2.77. The summed E-state index contributed by atoms with van der Waals surface area (Å²) in [6, 6.07) is 0. The highest BCUT2D eigenvalue weighted by atomic mass is 35.5. The maximum atomic E-state index is 6.11. The average molecular weight is 236 g/mol. The van der Waals surface area contributed by atoms with Crippen LogP contribution in [0.2, 0.25) is 5.15 Å². The van der Waals surface area contributed by atoms with E-state index in [0.29, 0.717) is 11.0 Å². The van der Waals surface area contributed by atoms with Gasteiger partial charge in [0.2, 0.25) is 0 Å². The Balaban J connectivity index is 2.78. The Hall–Kier alpha value is -0.250. The highest BCUT2D eigenvalue weighted by Crippen LogP contribution is 2.21. The summed E-state index contributed by atoms with van der Waals surface area (Å²) < 4.78 is 1.80. The van der Waals surface area contributed by atoms with Gasteiger partial charge in [0.15, 0.2) is 0 Å². The second-order valence-electron chi connectivity index (χ2n) is 3.51. The Bertz CT molecular complexity index is 307. The van der Waals surface area contributed by atoms with Gasteiger partial charge in [-0.1, -0.05) is 11.6 Å². The fourth-order valence-corrected chi connectivity index (χ4v) is 1.90. The largest absolute Gasteiger partial charge is 0.308 e. The first kappa shape index (κ1) is 11.8. The Morgan fingerprint density at radius 2 is 2.07 bits per heavy atom. The van der Waals surface area contributed by atoms with Gasteiger partial charge in [0.25, 0.3) is 0 Å². The van der Waals surface area contributed by atoms with Crippen molar-refractivity contribution in [1.29, 1.82) is 0 Å². The molecule has 0 aromatic carbocycles. The highest BCUT2D eigenvalue weighted by molar-refractivity contribution is 6.31. The summed E-state index contributed by atoms with van der Waals surface area (Å²) in [6.45, 7) is 3.64. The maximum absolute atomic E-state index is 6.11. The summed E-state index contributed by atoms with van der Waals surface area (Å²) in [4.78, 5) is 2.09. The van der Waals surface area contributed by atoms with Gasteiger partial charge >= 0.3 is 0 Å². The Labute approximate surface area is 94.6 Å². The van der Waals surface area contributed by atoms with Crippen LogP contribution in [0.4, 0.5) is 0 Å². The molecule has 0 bridgehead atoms. The molecule has 0 spiro atoms. The number of nitrogens with zero attached hydrogens (tertiary/aromatic N) is 3. The maximum Gasteiger partial charge on any atom is 0.131 e. The van der Waals surface area contributed by atoms with E-state index in [2.05, 4.69) is 10.00 Å². The van der Waals surface area contributed by atoms with E-state index in [4.69, 9.17) is 23.2 Å². The lowest BCUT2D eigenvalue weighted by atomic mass is 10.3. The average Bonchev–Trinajstić information content (AvgIpc) is 2.38. The predicted octanol–water partition coefficient (Wildman–Crippen LogP) is 2.15. The van der Waals surface area contributed by atoms with Crippen LogP contribution in [-0.4, -0.2) is 35.3 Å². The molecule has 1 heterocycles. The van der Waals surface area contributed by atoms with E-state index in [1.807, 2.05) is 21.0 Å². The van der Waals surface area contributed by atoms with Gasteiger partial charge in [-0.15, -0.1) is 11.6 Å². The molecule has 0 N–H and O–H groups in total. The van der Waals surface area contributed by atoms with Crippen molar-refractivity contribution in [3.63, 3.8) is 0 Å². The monoisotopic (exact) mass is 235 g/mol. The molecular formula is C9H15Cl2N3. The summed E-state index contributed by atoms with van der Waals surface area (Å²) in [5, 5.41) is 4.99. The van der Waals surface area contributed by atoms with E-state index >= 15 is 0 Å². The van der Waals surface area contributed by atoms with Crippen LogP contribution in [0, 0.1) is 6.92 Å². The minimum absolute atomic E-state index is 0.423. The van der Waals surface area contributed by atoms with Gasteiger partial charge in [-0.3, -0.25) is 4.68 Å². The predicted molar refractivity (Wildman–Crippen MR) is 60.1 cm³/mol. The molecule has 0 fully saturated rings. The van der Waals surface area contributed by atoms with Crippen molar-refractivity contribution < 1.29 is 0 Å². The summed E-state index contributed by atoms with van der Waals surface area (Å²) >= 11 is 11.9. The van der Waals surface area contributed by atoms with Gasteiger partial charge < -0.3 is 4.90 Å². The molecule has 0 aliphatic rings. The molecule has 14 heavy (non-hydrogen) atoms. The normalized spacial score (nSPS) is 11.3. The van der Waals surface area contributed by atoms with Crippen LogP contribution < -0.4 is 0 Å². The van der Waals surface area contributed by atoms with E-state index in [1.165, 1.54) is 0 Å². The number of aryl methyl sites for hydroxylation is 1. The van der Waals surface area contributed by atoms with Crippen molar-refractivity contribution in [2.75, 3.05) is 20.6 Å². The minimum atomic E-state index is 0.423. The van der Waals surface area contributed by atoms with Crippen LogP contribution in [0.3, 0.4) is 0 Å². The lowest BCUT2D eigenvalue weighted by Gasteiger charge is -2.09. The Morgan fingerprint density at radius 1 is 1.43 bits per heavy atom. The van der Waals surface area contributed by atoms with E-state index in [1.54, 1.807) is 4.68 Å². The van der Waals surface area contributed by atoms with Gasteiger partial charge in [0.1, 0.15) is 5.15 Å². The number of rotatable bonds is 4. The smallest absolute Gasteiger partial charge is 0.131 e. The van der Waals surface area contributed by atoms with Crippen molar-refractivity contribution in [2.24, 2.45) is 0 Å². The third kappa shape index (κ3) is 2.62. The molecule has 0 radical (unpaired) electrons. The van der Waals surface area contributed by atoms with Crippen molar-refractivity contribution in [1.82, 2.24) is 14.7 Å². The summed E-state index contributed by atoms with van der Waals surface area (Å²) in [7, 11) is 4.04. The zero-order valence-corrected chi connectivity index (χ0v) is 10.2. The first-order valence-electron chi connectivity index (χ1n) is 4.48. The van der Waals surface area contributed by atoms with Gasteiger partial charge in [-0.2, -0.15) is 5.10 Å². The molecular weight excluding hydrogens is 221 g/mol. The lowest BCUT2D eigenvalue weighted by molar-refractivity contribution is 0.373. The zero-order valence-electron chi connectivity index (χ0n) is 8.72. The van der Waals surface area contributed by atoms with Crippen LogP contribution in [0.15, 0.2) is 0 Å². The molecule has 1 rings (SSSR count). The number of likely N-dealkylation sites (N-methyl/N-ethyl adjacent to an activating group) is 1. The van der Waals surface area contributed by atoms with Crippen LogP contribution in [0.5, 0.6) is 0 Å². The third-order valence-electron chi connectivity index (χ3n) is 2.08. The molecule has 0 saturated heterocycles. The fourth-order valence-electron chi connectivity index (χ4n) is 1.19. The molecule has 3 nitrogen and oxygen atoms in total. The van der Waals surface area contributed by atoms with Gasteiger partial charge in [-0.25, -0.2) is 0 Å². The number of hydrogen-bond acceptors (Lipinski definition) is 2. The molecule has 0 unspecified atom stereocenters. The number of alkyl halides is 1. The SMILES string of the molecule is Cc1nn(CCN(C)C)c(Cl)c1CCl. The van der Waals surface area contributed by atoms with E-state index < -0.39 is 0 Å². The van der Waals surface area contributed by atoms with Gasteiger partial charge in [0, 0.05) is 12.1 Å². The molecule has 0 aliphatic carbocycles. The second-order valence-corrected chi connectivity index (χ2v) is 4.14. The summed E-state index contributed by atoms with van der Waals surface area (Å²) in [5.74, 6) is 0.423. The Morgan fingerprint density at radius 3 is 2.50 bits per heavy atom. The van der Waals surface area contributed by atoms with E-state index in [9.17, 15) is 0 Å². The first-order valence-corrected chi connectivity index (χ1v) is 5.40.